The first kappa shape index (κ1) is 27.7. The summed E-state index contributed by atoms with van der Waals surface area (Å²) in [7, 11) is 0. The molecule has 37 heavy (non-hydrogen) atoms. The van der Waals surface area contributed by atoms with Gasteiger partial charge >= 0.3 is 11.9 Å². The molecule has 0 bridgehead atoms. The van der Waals surface area contributed by atoms with Crippen molar-refractivity contribution in [2.75, 3.05) is 39.2 Å². The van der Waals surface area contributed by atoms with Crippen molar-refractivity contribution in [3.8, 4) is 11.5 Å². The molecule has 0 aliphatic carbocycles. The fraction of sp³-hybridized carbons (Fsp3) is 0.346. The molecule has 1 aliphatic rings. The molecule has 0 unspecified atom stereocenters. The van der Waals surface area contributed by atoms with E-state index >= 15 is 0 Å². The molecule has 0 atom stereocenters. The van der Waals surface area contributed by atoms with Crippen molar-refractivity contribution in [2.45, 2.75) is 20.4 Å². The monoisotopic (exact) mass is 528 g/mol. The van der Waals surface area contributed by atoms with Gasteiger partial charge in [-0.2, -0.15) is 0 Å². The Morgan fingerprint density at radius 2 is 1.65 bits per heavy atom. The molecule has 196 valence electrons. The third kappa shape index (κ3) is 7.10. The average Bonchev–Trinajstić information content (AvgIpc) is 3.20. The number of carbonyl (C=O) groups excluding carboxylic acids is 4. The van der Waals surface area contributed by atoms with Gasteiger partial charge in [-0.1, -0.05) is 6.07 Å². The molecule has 2 aromatic rings. The second-order valence-corrected chi connectivity index (χ2v) is 8.65. The quantitative estimate of drug-likeness (QED) is 0.191. The van der Waals surface area contributed by atoms with Gasteiger partial charge in [0.25, 0.3) is 5.91 Å². The van der Waals surface area contributed by atoms with Gasteiger partial charge in [-0.25, -0.2) is 9.59 Å². The number of amides is 1. The number of ether oxygens (including phenoxy) is 4. The van der Waals surface area contributed by atoms with Gasteiger partial charge in [0.05, 0.1) is 30.4 Å². The number of nitrogens with zero attached hydrogens (tertiary/aromatic N) is 1. The summed E-state index contributed by atoms with van der Waals surface area (Å²) in [6.45, 7) is 2.96. The van der Waals surface area contributed by atoms with Gasteiger partial charge in [-0.15, -0.1) is 11.8 Å². The van der Waals surface area contributed by atoms with E-state index < -0.39 is 24.3 Å². The summed E-state index contributed by atoms with van der Waals surface area (Å²) in [5.74, 6) is -1.57. The van der Waals surface area contributed by atoms with Crippen LogP contribution in [0.1, 0.15) is 45.7 Å². The van der Waals surface area contributed by atoms with Crippen LogP contribution in [0.4, 0.5) is 0 Å². The maximum absolute atomic E-state index is 13.2. The van der Waals surface area contributed by atoms with Crippen molar-refractivity contribution in [3.63, 3.8) is 0 Å². The zero-order chi connectivity index (χ0) is 26.9. The minimum atomic E-state index is -0.615. The Balaban J connectivity index is 1.77. The first-order valence-electron chi connectivity index (χ1n) is 11.6. The Hall–Kier alpha value is -3.86. The molecule has 2 aromatic carbocycles. The lowest BCUT2D eigenvalue weighted by atomic mass is 10.1. The van der Waals surface area contributed by atoms with E-state index in [4.69, 9.17) is 24.4 Å². The SMILES string of the molecule is CCOC(=O)COc1ccc(C(=O)CN2Cc3cc(C(=N)SC)ccc3C2=O)c(OCC(=O)OCC)c1. The Morgan fingerprint density at radius 3 is 2.30 bits per heavy atom. The first-order valence-corrected chi connectivity index (χ1v) is 12.8. The van der Waals surface area contributed by atoms with Crippen LogP contribution in [0.3, 0.4) is 0 Å². The summed E-state index contributed by atoms with van der Waals surface area (Å²) in [6, 6.07) is 9.52. The van der Waals surface area contributed by atoms with Crippen molar-refractivity contribution in [1.29, 1.82) is 5.41 Å². The number of carbonyl (C=O) groups is 4. The van der Waals surface area contributed by atoms with Gasteiger partial charge in [0.15, 0.2) is 19.0 Å². The predicted octanol–water partition coefficient (Wildman–Crippen LogP) is 3.10. The third-order valence-electron chi connectivity index (χ3n) is 5.35. The second kappa shape index (κ2) is 12.9. The summed E-state index contributed by atoms with van der Waals surface area (Å²) < 4.78 is 20.7. The molecule has 0 saturated heterocycles. The minimum absolute atomic E-state index is 0.0549. The van der Waals surface area contributed by atoms with Gasteiger partial charge in [0.1, 0.15) is 11.5 Å². The van der Waals surface area contributed by atoms with Crippen LogP contribution in [0.25, 0.3) is 0 Å². The summed E-state index contributed by atoms with van der Waals surface area (Å²) in [6.07, 6.45) is 1.81. The van der Waals surface area contributed by atoms with E-state index in [1.165, 1.54) is 34.9 Å². The molecule has 1 N–H and O–H groups in total. The molecule has 11 heteroatoms. The highest BCUT2D eigenvalue weighted by molar-refractivity contribution is 8.13. The van der Waals surface area contributed by atoms with Crippen molar-refractivity contribution >= 4 is 40.4 Å². The highest BCUT2D eigenvalue weighted by Gasteiger charge is 2.30. The molecular formula is C26H28N2O8S. The van der Waals surface area contributed by atoms with Gasteiger partial charge in [-0.05, 0) is 49.9 Å². The van der Waals surface area contributed by atoms with E-state index in [2.05, 4.69) is 0 Å². The van der Waals surface area contributed by atoms with Crippen LogP contribution in [-0.4, -0.2) is 72.8 Å². The molecule has 0 aromatic heterocycles. The lowest BCUT2D eigenvalue weighted by Crippen LogP contribution is -2.30. The van der Waals surface area contributed by atoms with Gasteiger partial charge in [-0.3, -0.25) is 15.0 Å². The number of Topliss-reactive ketones (excluding diaryl/α,β-unsaturated/α-hetero) is 1. The first-order chi connectivity index (χ1) is 17.8. The van der Waals surface area contributed by atoms with Gasteiger partial charge < -0.3 is 23.8 Å². The fourth-order valence-corrected chi connectivity index (χ4v) is 4.02. The Labute approximate surface area is 218 Å². The molecule has 10 nitrogen and oxygen atoms in total. The number of ketones is 1. The van der Waals surface area contributed by atoms with Crippen molar-refractivity contribution in [3.05, 3.63) is 58.7 Å². The average molecular weight is 529 g/mol. The van der Waals surface area contributed by atoms with Crippen LogP contribution in [0.2, 0.25) is 0 Å². The molecule has 0 fully saturated rings. The molecule has 0 saturated carbocycles. The summed E-state index contributed by atoms with van der Waals surface area (Å²) in [5.41, 5.74) is 2.09. The third-order valence-corrected chi connectivity index (χ3v) is 6.00. The van der Waals surface area contributed by atoms with E-state index in [0.29, 0.717) is 16.2 Å². The predicted molar refractivity (Wildman–Crippen MR) is 137 cm³/mol. The minimum Gasteiger partial charge on any atom is -0.482 e. The van der Waals surface area contributed by atoms with E-state index in [-0.39, 0.29) is 55.9 Å². The highest BCUT2D eigenvalue weighted by atomic mass is 32.2. The van der Waals surface area contributed by atoms with Gasteiger partial charge in [0, 0.05) is 23.7 Å². The van der Waals surface area contributed by atoms with Crippen LogP contribution in [0.15, 0.2) is 36.4 Å². The number of benzene rings is 2. The van der Waals surface area contributed by atoms with Crippen LogP contribution < -0.4 is 9.47 Å². The number of hydrogen-bond donors (Lipinski definition) is 1. The normalized spacial score (nSPS) is 12.1. The smallest absolute Gasteiger partial charge is 0.344 e. The Bertz CT molecular complexity index is 1210. The van der Waals surface area contributed by atoms with E-state index in [1.54, 1.807) is 38.3 Å². The molecular weight excluding hydrogens is 500 g/mol. The van der Waals surface area contributed by atoms with E-state index in [0.717, 1.165) is 5.56 Å². The number of rotatable bonds is 12. The maximum atomic E-state index is 13.2. The van der Waals surface area contributed by atoms with Crippen LogP contribution >= 0.6 is 11.8 Å². The van der Waals surface area contributed by atoms with Crippen molar-refractivity contribution in [1.82, 2.24) is 4.90 Å². The summed E-state index contributed by atoms with van der Waals surface area (Å²) in [4.78, 5) is 51.0. The highest BCUT2D eigenvalue weighted by Crippen LogP contribution is 2.29. The van der Waals surface area contributed by atoms with Crippen LogP contribution in [0.5, 0.6) is 11.5 Å². The lowest BCUT2D eigenvalue weighted by molar-refractivity contribution is -0.146. The van der Waals surface area contributed by atoms with Crippen LogP contribution in [-0.2, 0) is 25.6 Å². The fourth-order valence-electron chi connectivity index (χ4n) is 3.65. The van der Waals surface area contributed by atoms with Crippen molar-refractivity contribution < 1.29 is 38.1 Å². The standard InChI is InChI=1S/C26H28N2O8S/c1-4-33-23(30)14-35-18-7-9-20(22(11-18)36-15-24(31)34-5-2)21(29)13-28-12-17-10-16(25(27)37-3)6-8-19(17)26(28)32/h6-11,27H,4-5,12-15H2,1-3H3. The number of nitrogens with one attached hydrogen (secondary N) is 1. The topological polar surface area (TPSA) is 132 Å². The Morgan fingerprint density at radius 1 is 0.973 bits per heavy atom. The zero-order valence-corrected chi connectivity index (χ0v) is 21.6. The lowest BCUT2D eigenvalue weighted by Gasteiger charge is -2.17. The Kier molecular flexibility index (Phi) is 9.67. The number of hydrogen-bond acceptors (Lipinski definition) is 10. The summed E-state index contributed by atoms with van der Waals surface area (Å²) >= 11 is 1.30. The number of thioether (sulfide) groups is 1. The van der Waals surface area contributed by atoms with Crippen molar-refractivity contribution in [2.24, 2.45) is 0 Å². The van der Waals surface area contributed by atoms with Gasteiger partial charge in [0.2, 0.25) is 0 Å². The molecule has 1 aliphatic heterocycles. The molecule has 1 heterocycles. The largest absolute Gasteiger partial charge is 0.482 e. The number of esters is 2. The zero-order valence-electron chi connectivity index (χ0n) is 20.8. The second-order valence-electron chi connectivity index (χ2n) is 7.83. The molecule has 0 spiro atoms. The molecule has 1 amide bonds. The van der Waals surface area contributed by atoms with E-state index in [1.807, 2.05) is 0 Å². The maximum Gasteiger partial charge on any atom is 0.344 e. The van der Waals surface area contributed by atoms with E-state index in [9.17, 15) is 19.2 Å². The molecule has 3 rings (SSSR count). The molecule has 0 radical (unpaired) electrons. The summed E-state index contributed by atoms with van der Waals surface area (Å²) in [5, 5.41) is 8.39. The van der Waals surface area contributed by atoms with Crippen LogP contribution in [0, 0.1) is 5.41 Å². The number of fused-ring (bicyclic) bond motifs is 1.